The molecule has 0 aliphatic carbocycles. The number of hydrogen-bond donors (Lipinski definition) is 2. The maximum atomic E-state index is 12.0. The maximum absolute atomic E-state index is 12.0. The Morgan fingerprint density at radius 2 is 0.948 bits per heavy atom. The Labute approximate surface area is 350 Å². The van der Waals surface area contributed by atoms with Crippen molar-refractivity contribution >= 4 is 58.3 Å². The molecule has 0 aliphatic rings. The molecule has 2 aromatic heterocycles. The summed E-state index contributed by atoms with van der Waals surface area (Å²) in [6, 6.07) is 22.9. The van der Waals surface area contributed by atoms with E-state index >= 15 is 0 Å². The molecule has 0 saturated carbocycles. The Morgan fingerprint density at radius 1 is 0.552 bits per heavy atom. The van der Waals surface area contributed by atoms with Crippen LogP contribution in [-0.4, -0.2) is 32.1 Å². The van der Waals surface area contributed by atoms with Gasteiger partial charge in [0.05, 0.1) is 31.2 Å². The minimum Gasteiger partial charge on any atom is -0.488 e. The molecule has 0 bridgehead atoms. The number of ether oxygens (including phenoxy) is 4. The molecule has 2 heterocycles. The summed E-state index contributed by atoms with van der Waals surface area (Å²) in [7, 11) is 0. The highest BCUT2D eigenvalue weighted by atomic mass is 35.5. The van der Waals surface area contributed by atoms with Crippen LogP contribution in [0.2, 0.25) is 20.1 Å². The van der Waals surface area contributed by atoms with Crippen molar-refractivity contribution in [3.8, 4) is 46.3 Å². The van der Waals surface area contributed by atoms with Gasteiger partial charge in [-0.15, -0.1) is 0 Å². The molecular weight excluding hydrogens is 830 g/mol. The molecule has 0 spiro atoms. The van der Waals surface area contributed by atoms with Crippen LogP contribution in [0.25, 0.3) is 11.1 Å². The number of rotatable bonds is 15. The second-order valence-corrected chi connectivity index (χ2v) is 13.8. The number of aromatic nitrogens is 2. The van der Waals surface area contributed by atoms with Crippen molar-refractivity contribution in [1.82, 2.24) is 9.97 Å². The molecular formula is C42H26Cl4N4O8. The lowest BCUT2D eigenvalue weighted by Gasteiger charge is -2.17. The third kappa shape index (κ3) is 9.69. The molecule has 0 amide bonds. The number of hydrogen-bond acceptors (Lipinski definition) is 10. The van der Waals surface area contributed by atoms with Gasteiger partial charge in [0.2, 0.25) is 0 Å². The molecule has 6 rings (SSSR count). The quantitative estimate of drug-likeness (QED) is 0.0997. The van der Waals surface area contributed by atoms with Crippen molar-refractivity contribution in [3.05, 3.63) is 162 Å². The lowest BCUT2D eigenvalue weighted by Crippen LogP contribution is -2.06. The van der Waals surface area contributed by atoms with Crippen LogP contribution < -0.4 is 18.9 Å². The van der Waals surface area contributed by atoms with Crippen LogP contribution in [0, 0.1) is 22.7 Å². The van der Waals surface area contributed by atoms with Gasteiger partial charge >= 0.3 is 11.9 Å². The number of benzene rings is 4. The first-order chi connectivity index (χ1) is 27.9. The largest absolute Gasteiger partial charge is 0.488 e. The molecule has 0 atom stereocenters. The summed E-state index contributed by atoms with van der Waals surface area (Å²) in [5.74, 6) is -2.28. The number of nitriles is 2. The van der Waals surface area contributed by atoms with Gasteiger partial charge < -0.3 is 29.2 Å². The molecule has 58 heavy (non-hydrogen) atoms. The van der Waals surface area contributed by atoms with Gasteiger partial charge in [-0.3, -0.25) is 9.97 Å². The summed E-state index contributed by atoms with van der Waals surface area (Å²) in [5, 5.41) is 38.6. The summed E-state index contributed by atoms with van der Waals surface area (Å²) < 4.78 is 23.6. The average molecular weight is 857 g/mol. The Bertz CT molecular complexity index is 2460. The number of pyridine rings is 2. The second kappa shape index (κ2) is 18.6. The number of carboxylic acid groups (broad SMARTS) is 2. The molecule has 4 aromatic carbocycles. The van der Waals surface area contributed by atoms with Gasteiger partial charge in [-0.2, -0.15) is 10.5 Å². The highest BCUT2D eigenvalue weighted by Gasteiger charge is 2.21. The van der Waals surface area contributed by atoms with Crippen molar-refractivity contribution in [2.75, 3.05) is 0 Å². The number of carboxylic acids is 2. The van der Waals surface area contributed by atoms with Crippen LogP contribution in [0.4, 0.5) is 0 Å². The van der Waals surface area contributed by atoms with Crippen molar-refractivity contribution < 1.29 is 38.7 Å². The number of carbonyl (C=O) groups is 2. The van der Waals surface area contributed by atoms with E-state index < -0.39 is 11.9 Å². The van der Waals surface area contributed by atoms with Crippen LogP contribution in [0.3, 0.4) is 0 Å². The lowest BCUT2D eigenvalue weighted by molar-refractivity contribution is 0.0680. The van der Waals surface area contributed by atoms with Gasteiger partial charge in [0, 0.05) is 70.3 Å². The third-order valence-electron chi connectivity index (χ3n) is 8.38. The molecule has 0 unspecified atom stereocenters. The molecule has 6 aromatic rings. The van der Waals surface area contributed by atoms with Gasteiger partial charge in [-0.1, -0.05) is 82.8 Å². The summed E-state index contributed by atoms with van der Waals surface area (Å²) >= 11 is 26.7. The van der Waals surface area contributed by atoms with Crippen LogP contribution in [0.5, 0.6) is 23.0 Å². The zero-order chi connectivity index (χ0) is 41.3. The van der Waals surface area contributed by atoms with Gasteiger partial charge in [-0.25, -0.2) is 9.59 Å². The fraction of sp³-hybridized carbons (Fsp3) is 0.0952. The van der Waals surface area contributed by atoms with E-state index in [1.807, 2.05) is 12.1 Å². The molecule has 290 valence electrons. The minimum atomic E-state index is -1.26. The summed E-state index contributed by atoms with van der Waals surface area (Å²) in [6.07, 6.45) is 5.80. The van der Waals surface area contributed by atoms with Crippen molar-refractivity contribution in [3.63, 3.8) is 0 Å². The summed E-state index contributed by atoms with van der Waals surface area (Å²) in [5.41, 5.74) is 3.65. The van der Waals surface area contributed by atoms with E-state index in [4.69, 9.17) is 75.9 Å². The zero-order valence-electron chi connectivity index (χ0n) is 29.7. The Balaban J connectivity index is 1.18. The lowest BCUT2D eigenvalue weighted by atomic mass is 10.0. The number of nitrogens with zero attached hydrogens (tertiary/aromatic N) is 4. The van der Waals surface area contributed by atoms with E-state index in [-0.39, 0.29) is 70.6 Å². The van der Waals surface area contributed by atoms with Crippen molar-refractivity contribution in [2.24, 2.45) is 0 Å². The first kappa shape index (κ1) is 41.1. The smallest absolute Gasteiger partial charge is 0.339 e. The van der Waals surface area contributed by atoms with Gasteiger partial charge in [0.15, 0.2) is 0 Å². The predicted molar refractivity (Wildman–Crippen MR) is 214 cm³/mol. The first-order valence-electron chi connectivity index (χ1n) is 16.8. The van der Waals surface area contributed by atoms with E-state index in [2.05, 4.69) is 9.97 Å². The minimum absolute atomic E-state index is 0.0114. The fourth-order valence-corrected chi connectivity index (χ4v) is 6.55. The van der Waals surface area contributed by atoms with Crippen molar-refractivity contribution in [1.29, 1.82) is 10.5 Å². The highest BCUT2D eigenvalue weighted by Crippen LogP contribution is 2.40. The van der Waals surface area contributed by atoms with E-state index in [0.717, 1.165) is 0 Å². The normalized spacial score (nSPS) is 10.6. The van der Waals surface area contributed by atoms with Gasteiger partial charge in [0.25, 0.3) is 0 Å². The van der Waals surface area contributed by atoms with Crippen LogP contribution in [0.1, 0.15) is 54.1 Å². The van der Waals surface area contributed by atoms with Crippen LogP contribution in [0.15, 0.2) is 97.6 Å². The second-order valence-electron chi connectivity index (χ2n) is 12.3. The highest BCUT2D eigenvalue weighted by molar-refractivity contribution is 6.37. The Kier molecular flexibility index (Phi) is 13.2. The first-order valence-corrected chi connectivity index (χ1v) is 18.3. The topological polar surface area (TPSA) is 185 Å². The monoisotopic (exact) mass is 854 g/mol. The number of aromatic carboxylic acids is 2. The van der Waals surface area contributed by atoms with Crippen LogP contribution in [-0.2, 0) is 26.4 Å². The third-order valence-corrected chi connectivity index (χ3v) is 9.86. The maximum Gasteiger partial charge on any atom is 0.339 e. The summed E-state index contributed by atoms with van der Waals surface area (Å²) in [6.45, 7) is -0.272. The van der Waals surface area contributed by atoms with E-state index in [1.165, 1.54) is 49.1 Å². The molecule has 12 nitrogen and oxygen atoms in total. The average Bonchev–Trinajstić information content (AvgIpc) is 3.22. The zero-order valence-corrected chi connectivity index (χ0v) is 32.7. The fourth-order valence-electron chi connectivity index (χ4n) is 5.55. The molecule has 16 heteroatoms. The molecule has 0 saturated heterocycles. The Morgan fingerprint density at radius 3 is 1.33 bits per heavy atom. The molecule has 0 aliphatic heterocycles. The van der Waals surface area contributed by atoms with E-state index in [9.17, 15) is 19.8 Å². The number of halogens is 4. The SMILES string of the molecule is N#Cc1cncc(COc2cc(OCc3cccc(-c4cccc(COc5cc(OCc6cncc(C#N)c6)c(C(=O)O)cc5Cl)c4Cl)c3Cl)c(Cl)cc2C(=O)O)c1. The summed E-state index contributed by atoms with van der Waals surface area (Å²) in [4.78, 5) is 32.0. The standard InChI is InChI=1S/C42H26Cl4N4O8/c43-33-9-31(41(51)52)35(55-19-25-7-23(13-47)15-49-17-25)11-37(33)57-21-27-3-1-5-29(39(27)45)30-6-2-4-28(40(30)46)22-58-38-12-36(32(42(53)54)10-34(38)44)56-20-26-8-24(14-48)16-50-18-26/h1-12,15-18H,19-22H2,(H,51,52)(H,53,54). The van der Waals surface area contributed by atoms with E-state index in [0.29, 0.717) is 54.6 Å². The Hall–Kier alpha value is -6.54. The molecule has 0 radical (unpaired) electrons. The van der Waals surface area contributed by atoms with Crippen molar-refractivity contribution in [2.45, 2.75) is 26.4 Å². The molecule has 0 fully saturated rings. The predicted octanol–water partition coefficient (Wildman–Crippen LogP) is 10.2. The van der Waals surface area contributed by atoms with Gasteiger partial charge in [-0.05, 0) is 24.3 Å². The van der Waals surface area contributed by atoms with E-state index in [1.54, 1.807) is 48.5 Å². The van der Waals surface area contributed by atoms with Crippen LogP contribution >= 0.6 is 46.4 Å². The van der Waals surface area contributed by atoms with Gasteiger partial charge in [0.1, 0.15) is 72.7 Å². The molecule has 2 N–H and O–H groups in total.